The second-order valence-electron chi connectivity index (χ2n) is 6.77. The van der Waals surface area contributed by atoms with E-state index in [-0.39, 0.29) is 18.2 Å². The van der Waals surface area contributed by atoms with Crippen molar-refractivity contribution in [3.63, 3.8) is 0 Å². The number of hydrogen-bond donors (Lipinski definition) is 1. The van der Waals surface area contributed by atoms with Crippen LogP contribution in [0.1, 0.15) is 37.7 Å². The Morgan fingerprint density at radius 2 is 1.95 bits per heavy atom. The maximum absolute atomic E-state index is 13.2. The Bertz CT molecular complexity index is 478. The molecule has 0 radical (unpaired) electrons. The molecule has 0 saturated heterocycles. The average molecular weight is 296 g/mol. The van der Waals surface area contributed by atoms with Crippen molar-refractivity contribution in [1.29, 1.82) is 0 Å². The molecule has 2 bridgehead atoms. The van der Waals surface area contributed by atoms with Gasteiger partial charge in [-0.15, -0.1) is 12.4 Å². The van der Waals surface area contributed by atoms with E-state index >= 15 is 0 Å². The smallest absolute Gasteiger partial charge is 0.123 e. The second kappa shape index (κ2) is 5.65. The first kappa shape index (κ1) is 14.3. The third kappa shape index (κ3) is 2.37. The van der Waals surface area contributed by atoms with Crippen LogP contribution in [0.5, 0.6) is 0 Å². The van der Waals surface area contributed by atoms with Crippen LogP contribution in [0.4, 0.5) is 4.39 Å². The van der Waals surface area contributed by atoms with Crippen molar-refractivity contribution in [2.45, 2.75) is 44.7 Å². The Hall–Kier alpha value is -0.600. The van der Waals surface area contributed by atoms with Crippen molar-refractivity contribution in [1.82, 2.24) is 5.32 Å². The van der Waals surface area contributed by atoms with Crippen LogP contribution in [-0.2, 0) is 6.54 Å². The zero-order valence-corrected chi connectivity index (χ0v) is 12.5. The molecule has 3 aliphatic carbocycles. The molecule has 110 valence electrons. The average Bonchev–Trinajstić information content (AvgIpc) is 3.08. The molecule has 3 fully saturated rings. The molecule has 5 atom stereocenters. The van der Waals surface area contributed by atoms with Gasteiger partial charge in [0.15, 0.2) is 0 Å². The summed E-state index contributed by atoms with van der Waals surface area (Å²) in [5, 5.41) is 3.70. The largest absolute Gasteiger partial charge is 0.310 e. The lowest BCUT2D eigenvalue weighted by atomic mass is 9.79. The van der Waals surface area contributed by atoms with Crippen LogP contribution in [0.25, 0.3) is 0 Å². The predicted octanol–water partition coefficient (Wildman–Crippen LogP) is 4.16. The van der Waals surface area contributed by atoms with E-state index in [1.165, 1.54) is 38.2 Å². The topological polar surface area (TPSA) is 12.0 Å². The number of rotatable bonds is 3. The summed E-state index contributed by atoms with van der Waals surface area (Å²) < 4.78 is 13.2. The standard InChI is InChI=1S/C17H22FN.ClH/c18-13-4-1-3-11(7-13)10-19-17-9-12-8-16(17)15-6-2-5-14(12)15;/h1,3-4,7,12,14-17,19H,2,5-6,8-10H2;1H. The third-order valence-corrected chi connectivity index (χ3v) is 5.89. The lowest BCUT2D eigenvalue weighted by Crippen LogP contribution is -2.38. The van der Waals surface area contributed by atoms with Crippen molar-refractivity contribution in [2.24, 2.45) is 23.7 Å². The number of nitrogens with one attached hydrogen (secondary N) is 1. The predicted molar refractivity (Wildman–Crippen MR) is 81.3 cm³/mol. The van der Waals surface area contributed by atoms with Crippen LogP contribution in [-0.4, -0.2) is 6.04 Å². The zero-order chi connectivity index (χ0) is 12.8. The summed E-state index contributed by atoms with van der Waals surface area (Å²) in [6.07, 6.45) is 7.22. The summed E-state index contributed by atoms with van der Waals surface area (Å²) in [5.74, 6) is 3.83. The van der Waals surface area contributed by atoms with E-state index in [1.54, 1.807) is 12.1 Å². The summed E-state index contributed by atoms with van der Waals surface area (Å²) in [5.41, 5.74) is 1.07. The molecule has 0 amide bonds. The molecule has 0 aromatic heterocycles. The highest BCUT2D eigenvalue weighted by atomic mass is 35.5. The number of hydrogen-bond acceptors (Lipinski definition) is 1. The maximum atomic E-state index is 13.2. The minimum atomic E-state index is -0.122. The first-order valence-electron chi connectivity index (χ1n) is 7.79. The highest BCUT2D eigenvalue weighted by molar-refractivity contribution is 5.85. The van der Waals surface area contributed by atoms with Gasteiger partial charge in [0.1, 0.15) is 5.82 Å². The van der Waals surface area contributed by atoms with Crippen LogP contribution in [0.3, 0.4) is 0 Å². The van der Waals surface area contributed by atoms with Crippen molar-refractivity contribution in [3.05, 3.63) is 35.6 Å². The molecule has 1 aromatic rings. The molecule has 0 aliphatic heterocycles. The number of fused-ring (bicyclic) bond motifs is 5. The van der Waals surface area contributed by atoms with Crippen LogP contribution >= 0.6 is 12.4 Å². The fourth-order valence-corrected chi connectivity index (χ4v) is 5.20. The van der Waals surface area contributed by atoms with Crippen molar-refractivity contribution in [2.75, 3.05) is 0 Å². The van der Waals surface area contributed by atoms with Gasteiger partial charge in [0.05, 0.1) is 0 Å². The normalized spacial score (nSPS) is 37.8. The Labute approximate surface area is 126 Å². The molecular formula is C17H23ClFN. The summed E-state index contributed by atoms with van der Waals surface area (Å²) in [6.45, 7) is 0.822. The van der Waals surface area contributed by atoms with Gasteiger partial charge < -0.3 is 5.32 Å². The Kier molecular flexibility index (Phi) is 4.05. The Morgan fingerprint density at radius 3 is 2.80 bits per heavy atom. The zero-order valence-electron chi connectivity index (χ0n) is 11.7. The van der Waals surface area contributed by atoms with Gasteiger partial charge >= 0.3 is 0 Å². The van der Waals surface area contributed by atoms with Gasteiger partial charge in [-0.05, 0) is 67.1 Å². The van der Waals surface area contributed by atoms with Crippen molar-refractivity contribution in [3.8, 4) is 0 Å². The van der Waals surface area contributed by atoms with E-state index in [2.05, 4.69) is 5.32 Å². The van der Waals surface area contributed by atoms with Crippen LogP contribution < -0.4 is 5.32 Å². The summed E-state index contributed by atoms with van der Waals surface area (Å²) in [7, 11) is 0. The van der Waals surface area contributed by atoms with E-state index in [1.807, 2.05) is 6.07 Å². The summed E-state index contributed by atoms with van der Waals surface area (Å²) >= 11 is 0. The molecule has 20 heavy (non-hydrogen) atoms. The highest BCUT2D eigenvalue weighted by Gasteiger charge is 2.53. The monoisotopic (exact) mass is 295 g/mol. The molecule has 1 aromatic carbocycles. The molecule has 4 rings (SSSR count). The lowest BCUT2D eigenvalue weighted by molar-refractivity contribution is 0.208. The quantitative estimate of drug-likeness (QED) is 0.883. The fraction of sp³-hybridized carbons (Fsp3) is 0.647. The van der Waals surface area contributed by atoms with Gasteiger partial charge in [-0.3, -0.25) is 0 Å². The van der Waals surface area contributed by atoms with E-state index in [0.717, 1.165) is 35.8 Å². The highest BCUT2D eigenvalue weighted by Crippen LogP contribution is 2.58. The van der Waals surface area contributed by atoms with Gasteiger partial charge in [0.25, 0.3) is 0 Å². The maximum Gasteiger partial charge on any atom is 0.123 e. The van der Waals surface area contributed by atoms with Crippen LogP contribution in [0, 0.1) is 29.5 Å². The van der Waals surface area contributed by atoms with Gasteiger partial charge in [-0.1, -0.05) is 18.6 Å². The van der Waals surface area contributed by atoms with E-state index in [0.29, 0.717) is 6.04 Å². The van der Waals surface area contributed by atoms with Crippen molar-refractivity contribution < 1.29 is 4.39 Å². The number of benzene rings is 1. The van der Waals surface area contributed by atoms with Gasteiger partial charge in [-0.25, -0.2) is 4.39 Å². The molecule has 0 spiro atoms. The Balaban J connectivity index is 0.00000121. The van der Waals surface area contributed by atoms with E-state index in [4.69, 9.17) is 0 Å². The van der Waals surface area contributed by atoms with Crippen LogP contribution in [0.2, 0.25) is 0 Å². The lowest BCUT2D eigenvalue weighted by Gasteiger charge is -2.32. The molecule has 5 unspecified atom stereocenters. The molecule has 3 aliphatic rings. The van der Waals surface area contributed by atoms with Gasteiger partial charge in [0, 0.05) is 12.6 Å². The second-order valence-corrected chi connectivity index (χ2v) is 6.77. The Morgan fingerprint density at radius 1 is 1.10 bits per heavy atom. The first-order chi connectivity index (χ1) is 9.31. The fourth-order valence-electron chi connectivity index (χ4n) is 5.20. The molecular weight excluding hydrogens is 273 g/mol. The number of halogens is 2. The van der Waals surface area contributed by atoms with E-state index < -0.39 is 0 Å². The van der Waals surface area contributed by atoms with Crippen LogP contribution in [0.15, 0.2) is 24.3 Å². The first-order valence-corrected chi connectivity index (χ1v) is 7.79. The molecule has 1 N–H and O–H groups in total. The SMILES string of the molecule is Cl.Fc1cccc(CNC2CC3CC2C2CCCC32)c1. The van der Waals surface area contributed by atoms with Gasteiger partial charge in [0.2, 0.25) is 0 Å². The van der Waals surface area contributed by atoms with Crippen molar-refractivity contribution >= 4 is 12.4 Å². The summed E-state index contributed by atoms with van der Waals surface area (Å²) in [6, 6.07) is 7.68. The third-order valence-electron chi connectivity index (χ3n) is 5.89. The van der Waals surface area contributed by atoms with Gasteiger partial charge in [-0.2, -0.15) is 0 Å². The summed E-state index contributed by atoms with van der Waals surface area (Å²) in [4.78, 5) is 0. The minimum absolute atomic E-state index is 0. The van der Waals surface area contributed by atoms with E-state index in [9.17, 15) is 4.39 Å². The molecule has 1 nitrogen and oxygen atoms in total. The molecule has 0 heterocycles. The molecule has 3 saturated carbocycles. The minimum Gasteiger partial charge on any atom is -0.310 e. The molecule has 3 heteroatoms.